The summed E-state index contributed by atoms with van der Waals surface area (Å²) in [4.78, 5) is 27.7. The molecule has 0 radical (unpaired) electrons. The predicted octanol–water partition coefficient (Wildman–Crippen LogP) is 2.35. The summed E-state index contributed by atoms with van der Waals surface area (Å²) in [7, 11) is 0. The van der Waals surface area contributed by atoms with E-state index < -0.39 is 12.0 Å². The normalized spacial score (nSPS) is 20.0. The van der Waals surface area contributed by atoms with Gasteiger partial charge >= 0.3 is 5.97 Å². The number of carbonyl (C=O) groups excluding carboxylic acids is 1. The maximum Gasteiger partial charge on any atom is 0.326 e. The number of amides is 1. The molecule has 0 bridgehead atoms. The lowest BCUT2D eigenvalue weighted by Crippen LogP contribution is -2.51. The first kappa shape index (κ1) is 18.0. The Morgan fingerprint density at radius 3 is 2.29 bits per heavy atom. The molecule has 0 saturated carbocycles. The minimum atomic E-state index is -0.873. The van der Waals surface area contributed by atoms with Gasteiger partial charge in [-0.25, -0.2) is 4.79 Å². The molecule has 0 aliphatic carbocycles. The van der Waals surface area contributed by atoms with Crippen LogP contribution < -0.4 is 0 Å². The Balaban J connectivity index is 2.69. The minimum absolute atomic E-state index is 0.0212. The van der Waals surface area contributed by atoms with Crippen LogP contribution in [0.1, 0.15) is 59.3 Å². The maximum absolute atomic E-state index is 12.6. The van der Waals surface area contributed by atoms with E-state index in [1.165, 1.54) is 0 Å². The molecule has 0 aromatic heterocycles. The van der Waals surface area contributed by atoms with Crippen molar-refractivity contribution in [1.29, 1.82) is 0 Å². The average Bonchev–Trinajstić information content (AvgIpc) is 2.95. The summed E-state index contributed by atoms with van der Waals surface area (Å²) < 4.78 is 0. The Kier molecular flexibility index (Phi) is 7.72. The van der Waals surface area contributed by atoms with Gasteiger partial charge in [0.1, 0.15) is 6.04 Å². The number of unbranched alkanes of at least 4 members (excludes halogenated alkanes) is 2. The van der Waals surface area contributed by atoms with Gasteiger partial charge in [0, 0.05) is 6.54 Å². The second-order valence-electron chi connectivity index (χ2n) is 5.95. The van der Waals surface area contributed by atoms with Gasteiger partial charge < -0.3 is 10.0 Å². The van der Waals surface area contributed by atoms with Gasteiger partial charge in [-0.3, -0.25) is 9.69 Å². The standard InChI is InChI=1S/C16H30N2O3/c1-4-6-10-17(11-7-5-2)13(3)15(19)18-12-8-9-14(18)16(20)21/h13-14H,4-12H2,1-3H3,(H,20,21). The Morgan fingerprint density at radius 1 is 1.24 bits per heavy atom. The molecule has 2 atom stereocenters. The summed E-state index contributed by atoms with van der Waals surface area (Å²) in [5.41, 5.74) is 0. The van der Waals surface area contributed by atoms with Crippen LogP contribution in [-0.4, -0.2) is 58.5 Å². The number of hydrogen-bond donors (Lipinski definition) is 1. The van der Waals surface area contributed by atoms with E-state index in [2.05, 4.69) is 18.7 Å². The summed E-state index contributed by atoms with van der Waals surface area (Å²) >= 11 is 0. The molecule has 1 aliphatic rings. The van der Waals surface area contributed by atoms with Crippen molar-refractivity contribution in [2.45, 2.75) is 71.4 Å². The Labute approximate surface area is 128 Å². The molecule has 1 N–H and O–H groups in total. The molecule has 21 heavy (non-hydrogen) atoms. The van der Waals surface area contributed by atoms with Crippen LogP contribution in [0.15, 0.2) is 0 Å². The number of rotatable bonds is 9. The van der Waals surface area contributed by atoms with Gasteiger partial charge in [0.25, 0.3) is 0 Å². The summed E-state index contributed by atoms with van der Waals surface area (Å²) in [5.74, 6) is -0.895. The lowest BCUT2D eigenvalue weighted by molar-refractivity contribution is -0.150. The van der Waals surface area contributed by atoms with E-state index in [1.807, 2.05) is 6.92 Å². The largest absolute Gasteiger partial charge is 0.480 e. The lowest BCUT2D eigenvalue weighted by Gasteiger charge is -2.32. The Hall–Kier alpha value is -1.10. The third-order valence-electron chi connectivity index (χ3n) is 4.32. The number of carbonyl (C=O) groups is 2. The van der Waals surface area contributed by atoms with E-state index in [9.17, 15) is 14.7 Å². The molecule has 2 unspecified atom stereocenters. The second-order valence-corrected chi connectivity index (χ2v) is 5.95. The zero-order valence-electron chi connectivity index (χ0n) is 13.7. The molecule has 1 heterocycles. The van der Waals surface area contributed by atoms with Crippen molar-refractivity contribution >= 4 is 11.9 Å². The van der Waals surface area contributed by atoms with E-state index in [4.69, 9.17) is 0 Å². The molecule has 1 aliphatic heterocycles. The van der Waals surface area contributed by atoms with E-state index in [0.717, 1.165) is 45.2 Å². The number of likely N-dealkylation sites (tertiary alicyclic amines) is 1. The van der Waals surface area contributed by atoms with E-state index >= 15 is 0 Å². The van der Waals surface area contributed by atoms with Gasteiger partial charge in [-0.1, -0.05) is 26.7 Å². The van der Waals surface area contributed by atoms with Crippen molar-refractivity contribution in [3.63, 3.8) is 0 Å². The Bertz CT molecular complexity index is 338. The van der Waals surface area contributed by atoms with Crippen molar-refractivity contribution < 1.29 is 14.7 Å². The van der Waals surface area contributed by atoms with Crippen LogP contribution in [0.5, 0.6) is 0 Å². The van der Waals surface area contributed by atoms with Crippen molar-refractivity contribution in [1.82, 2.24) is 9.80 Å². The molecule has 1 fully saturated rings. The van der Waals surface area contributed by atoms with Crippen molar-refractivity contribution in [2.24, 2.45) is 0 Å². The maximum atomic E-state index is 12.6. The van der Waals surface area contributed by atoms with Crippen LogP contribution in [-0.2, 0) is 9.59 Å². The highest BCUT2D eigenvalue weighted by atomic mass is 16.4. The lowest BCUT2D eigenvalue weighted by atomic mass is 10.1. The monoisotopic (exact) mass is 298 g/mol. The first-order valence-corrected chi connectivity index (χ1v) is 8.30. The van der Waals surface area contributed by atoms with Crippen molar-refractivity contribution in [2.75, 3.05) is 19.6 Å². The summed E-state index contributed by atoms with van der Waals surface area (Å²) in [6, 6.07) is -0.845. The minimum Gasteiger partial charge on any atom is -0.480 e. The highest BCUT2D eigenvalue weighted by Crippen LogP contribution is 2.20. The van der Waals surface area contributed by atoms with Gasteiger partial charge in [0.05, 0.1) is 6.04 Å². The van der Waals surface area contributed by atoms with Gasteiger partial charge in [0.2, 0.25) is 5.91 Å². The smallest absolute Gasteiger partial charge is 0.326 e. The second kappa shape index (κ2) is 9.03. The van der Waals surface area contributed by atoms with Crippen LogP contribution in [0, 0.1) is 0 Å². The van der Waals surface area contributed by atoms with E-state index in [-0.39, 0.29) is 11.9 Å². The fraction of sp³-hybridized carbons (Fsp3) is 0.875. The summed E-state index contributed by atoms with van der Waals surface area (Å²) in [6.07, 6.45) is 5.72. The zero-order valence-corrected chi connectivity index (χ0v) is 13.7. The van der Waals surface area contributed by atoms with Crippen LogP contribution >= 0.6 is 0 Å². The molecular weight excluding hydrogens is 268 g/mol. The van der Waals surface area contributed by atoms with Crippen LogP contribution in [0.3, 0.4) is 0 Å². The third-order valence-corrected chi connectivity index (χ3v) is 4.32. The number of nitrogens with zero attached hydrogens (tertiary/aromatic N) is 2. The summed E-state index contributed by atoms with van der Waals surface area (Å²) in [5, 5.41) is 9.23. The van der Waals surface area contributed by atoms with Crippen LogP contribution in [0.2, 0.25) is 0 Å². The molecule has 5 heteroatoms. The van der Waals surface area contributed by atoms with Crippen LogP contribution in [0.25, 0.3) is 0 Å². The van der Waals surface area contributed by atoms with Crippen molar-refractivity contribution in [3.8, 4) is 0 Å². The molecule has 1 amide bonds. The number of hydrogen-bond acceptors (Lipinski definition) is 3. The van der Waals surface area contributed by atoms with E-state index in [0.29, 0.717) is 13.0 Å². The SMILES string of the molecule is CCCCN(CCCC)C(C)C(=O)N1CCCC1C(=O)O. The molecule has 0 aromatic carbocycles. The highest BCUT2D eigenvalue weighted by molar-refractivity contribution is 5.87. The van der Waals surface area contributed by atoms with Gasteiger partial charge in [-0.2, -0.15) is 0 Å². The molecule has 122 valence electrons. The zero-order chi connectivity index (χ0) is 15.8. The molecule has 1 saturated heterocycles. The molecule has 5 nitrogen and oxygen atoms in total. The molecule has 0 aromatic rings. The highest BCUT2D eigenvalue weighted by Gasteiger charge is 2.37. The number of carboxylic acids is 1. The first-order valence-electron chi connectivity index (χ1n) is 8.30. The number of aliphatic carboxylic acids is 1. The third kappa shape index (κ3) is 4.99. The van der Waals surface area contributed by atoms with Crippen molar-refractivity contribution in [3.05, 3.63) is 0 Å². The fourth-order valence-electron chi connectivity index (χ4n) is 2.90. The average molecular weight is 298 g/mol. The summed E-state index contributed by atoms with van der Waals surface area (Å²) in [6.45, 7) is 8.61. The van der Waals surface area contributed by atoms with Gasteiger partial charge in [-0.05, 0) is 45.7 Å². The Morgan fingerprint density at radius 2 is 1.81 bits per heavy atom. The van der Waals surface area contributed by atoms with Gasteiger partial charge in [0.15, 0.2) is 0 Å². The van der Waals surface area contributed by atoms with Gasteiger partial charge in [-0.15, -0.1) is 0 Å². The molecular formula is C16H30N2O3. The molecule has 0 spiro atoms. The first-order chi connectivity index (χ1) is 10.0. The quantitative estimate of drug-likeness (QED) is 0.710. The van der Waals surface area contributed by atoms with Crippen LogP contribution in [0.4, 0.5) is 0 Å². The predicted molar refractivity (Wildman–Crippen MR) is 83.2 cm³/mol. The topological polar surface area (TPSA) is 60.9 Å². The fourth-order valence-corrected chi connectivity index (χ4v) is 2.90. The number of carboxylic acid groups (broad SMARTS) is 1. The molecule has 1 rings (SSSR count). The van der Waals surface area contributed by atoms with E-state index in [1.54, 1.807) is 4.90 Å².